The zero-order chi connectivity index (χ0) is 10.6. The largest absolute Gasteiger partial charge is 0.480 e. The van der Waals surface area contributed by atoms with Gasteiger partial charge in [0.05, 0.1) is 0 Å². The summed E-state index contributed by atoms with van der Waals surface area (Å²) in [6.07, 6.45) is 4.12. The number of hydrogen-bond acceptors (Lipinski definition) is 2. The Bertz CT molecular complexity index is 194. The van der Waals surface area contributed by atoms with Gasteiger partial charge in [0.25, 0.3) is 0 Å². The van der Waals surface area contributed by atoms with Gasteiger partial charge in [-0.25, -0.2) is 0 Å². The number of carbonyl (C=O) groups is 1. The van der Waals surface area contributed by atoms with Gasteiger partial charge in [0.15, 0.2) is 0 Å². The zero-order valence-corrected chi connectivity index (χ0v) is 9.20. The number of carboxylic acids is 1. The van der Waals surface area contributed by atoms with Crippen molar-refractivity contribution < 1.29 is 9.90 Å². The van der Waals surface area contributed by atoms with Crippen molar-refractivity contribution in [3.05, 3.63) is 0 Å². The van der Waals surface area contributed by atoms with Gasteiger partial charge in [0.2, 0.25) is 0 Å². The second-order valence-electron chi connectivity index (χ2n) is 4.39. The van der Waals surface area contributed by atoms with Crippen LogP contribution in [0.25, 0.3) is 0 Å². The molecule has 82 valence electrons. The highest BCUT2D eigenvalue weighted by Gasteiger charge is 2.27. The molecule has 3 heteroatoms. The highest BCUT2D eigenvalue weighted by molar-refractivity contribution is 5.73. The van der Waals surface area contributed by atoms with Crippen LogP contribution in [-0.2, 0) is 4.79 Å². The highest BCUT2D eigenvalue weighted by Crippen LogP contribution is 2.19. The van der Waals surface area contributed by atoms with E-state index in [-0.39, 0.29) is 6.04 Å². The van der Waals surface area contributed by atoms with Crippen molar-refractivity contribution in [1.82, 2.24) is 4.90 Å². The molecule has 1 aliphatic heterocycles. The second kappa shape index (κ2) is 5.35. The van der Waals surface area contributed by atoms with Gasteiger partial charge in [0, 0.05) is 6.54 Å². The molecule has 0 unspecified atom stereocenters. The van der Waals surface area contributed by atoms with E-state index in [1.165, 1.54) is 6.42 Å². The maximum atomic E-state index is 11.1. The van der Waals surface area contributed by atoms with E-state index >= 15 is 0 Å². The number of piperidine rings is 1. The van der Waals surface area contributed by atoms with Crippen molar-refractivity contribution in [3.8, 4) is 0 Å². The molecule has 2 atom stereocenters. The fourth-order valence-corrected chi connectivity index (χ4v) is 2.24. The summed E-state index contributed by atoms with van der Waals surface area (Å²) in [5, 5.41) is 9.10. The van der Waals surface area contributed by atoms with E-state index in [0.29, 0.717) is 5.92 Å². The minimum absolute atomic E-state index is 0.247. The SMILES string of the molecule is CCC[C@@H](C(=O)O)N1CCC[C@H](C)C1. The van der Waals surface area contributed by atoms with Crippen LogP contribution < -0.4 is 0 Å². The molecule has 0 amide bonds. The molecule has 0 saturated carbocycles. The van der Waals surface area contributed by atoms with Gasteiger partial charge in [-0.05, 0) is 31.7 Å². The Kier molecular flexibility index (Phi) is 4.39. The standard InChI is InChI=1S/C11H21NO2/c1-3-5-10(11(13)14)12-7-4-6-9(2)8-12/h9-10H,3-8H2,1-2H3,(H,13,14)/t9-,10-/m0/s1. The molecule has 14 heavy (non-hydrogen) atoms. The first kappa shape index (κ1) is 11.5. The first-order valence-electron chi connectivity index (χ1n) is 5.62. The Morgan fingerprint density at radius 2 is 2.36 bits per heavy atom. The molecular formula is C11H21NO2. The van der Waals surface area contributed by atoms with Crippen molar-refractivity contribution in [2.24, 2.45) is 5.92 Å². The number of carboxylic acid groups (broad SMARTS) is 1. The Balaban J connectivity index is 2.53. The van der Waals surface area contributed by atoms with Crippen molar-refractivity contribution in [3.63, 3.8) is 0 Å². The Hall–Kier alpha value is -0.570. The van der Waals surface area contributed by atoms with Crippen LogP contribution in [0.1, 0.15) is 39.5 Å². The highest BCUT2D eigenvalue weighted by atomic mass is 16.4. The van der Waals surface area contributed by atoms with Gasteiger partial charge >= 0.3 is 5.97 Å². The summed E-state index contributed by atoms with van der Waals surface area (Å²) in [7, 11) is 0. The molecule has 1 aliphatic rings. The maximum Gasteiger partial charge on any atom is 0.320 e. The topological polar surface area (TPSA) is 40.5 Å². The molecule has 1 fully saturated rings. The lowest BCUT2D eigenvalue weighted by Crippen LogP contribution is -2.46. The van der Waals surface area contributed by atoms with Gasteiger partial charge in [-0.1, -0.05) is 20.3 Å². The van der Waals surface area contributed by atoms with E-state index in [1.54, 1.807) is 0 Å². The zero-order valence-electron chi connectivity index (χ0n) is 9.20. The van der Waals surface area contributed by atoms with Crippen LogP contribution in [0.5, 0.6) is 0 Å². The molecule has 3 nitrogen and oxygen atoms in total. The number of hydrogen-bond donors (Lipinski definition) is 1. The first-order valence-corrected chi connectivity index (χ1v) is 5.62. The summed E-state index contributed by atoms with van der Waals surface area (Å²) in [6.45, 7) is 6.17. The van der Waals surface area contributed by atoms with Crippen LogP contribution in [0.4, 0.5) is 0 Å². The first-order chi connectivity index (χ1) is 6.65. The average molecular weight is 199 g/mol. The molecule has 0 aliphatic carbocycles. The lowest BCUT2D eigenvalue weighted by molar-refractivity contribution is -0.144. The van der Waals surface area contributed by atoms with E-state index in [2.05, 4.69) is 11.8 Å². The normalized spacial score (nSPS) is 26.0. The third kappa shape index (κ3) is 2.98. The molecular weight excluding hydrogens is 178 g/mol. The van der Waals surface area contributed by atoms with E-state index in [4.69, 9.17) is 5.11 Å². The lowest BCUT2D eigenvalue weighted by atomic mass is 9.97. The van der Waals surface area contributed by atoms with Crippen LogP contribution in [0.2, 0.25) is 0 Å². The number of likely N-dealkylation sites (tertiary alicyclic amines) is 1. The summed E-state index contributed by atoms with van der Waals surface area (Å²) >= 11 is 0. The van der Waals surface area contributed by atoms with Gasteiger partial charge in [0.1, 0.15) is 6.04 Å². The van der Waals surface area contributed by atoms with E-state index < -0.39 is 5.97 Å². The van der Waals surface area contributed by atoms with Crippen LogP contribution in [0.15, 0.2) is 0 Å². The summed E-state index contributed by atoms with van der Waals surface area (Å²) in [5.41, 5.74) is 0. The van der Waals surface area contributed by atoms with Crippen LogP contribution in [0.3, 0.4) is 0 Å². The molecule has 1 heterocycles. The van der Waals surface area contributed by atoms with E-state index in [0.717, 1.165) is 32.4 Å². The fraction of sp³-hybridized carbons (Fsp3) is 0.909. The predicted molar refractivity (Wildman–Crippen MR) is 56.3 cm³/mol. The quantitative estimate of drug-likeness (QED) is 0.752. The van der Waals surface area contributed by atoms with E-state index in [9.17, 15) is 4.79 Å². The Morgan fingerprint density at radius 3 is 2.86 bits per heavy atom. The molecule has 0 aromatic heterocycles. The summed E-state index contributed by atoms with van der Waals surface area (Å²) < 4.78 is 0. The molecule has 1 N–H and O–H groups in total. The summed E-state index contributed by atoms with van der Waals surface area (Å²) in [5.74, 6) is 0.00315. The fourth-order valence-electron chi connectivity index (χ4n) is 2.24. The second-order valence-corrected chi connectivity index (χ2v) is 4.39. The van der Waals surface area contributed by atoms with Gasteiger partial charge in [-0.2, -0.15) is 0 Å². The van der Waals surface area contributed by atoms with Crippen LogP contribution >= 0.6 is 0 Å². The monoisotopic (exact) mass is 199 g/mol. The minimum atomic E-state index is -0.652. The van der Waals surface area contributed by atoms with Crippen molar-refractivity contribution in [2.45, 2.75) is 45.6 Å². The van der Waals surface area contributed by atoms with E-state index in [1.807, 2.05) is 6.92 Å². The van der Waals surface area contributed by atoms with Crippen molar-refractivity contribution in [2.75, 3.05) is 13.1 Å². The Morgan fingerprint density at radius 1 is 1.64 bits per heavy atom. The molecule has 0 aromatic rings. The van der Waals surface area contributed by atoms with Gasteiger partial charge < -0.3 is 5.11 Å². The third-order valence-corrected chi connectivity index (χ3v) is 2.98. The van der Waals surface area contributed by atoms with Crippen LogP contribution in [0, 0.1) is 5.92 Å². The van der Waals surface area contributed by atoms with Crippen LogP contribution in [-0.4, -0.2) is 35.1 Å². The number of aliphatic carboxylic acids is 1. The van der Waals surface area contributed by atoms with Gasteiger partial charge in [-0.3, -0.25) is 9.69 Å². The number of rotatable bonds is 4. The average Bonchev–Trinajstić information content (AvgIpc) is 2.13. The predicted octanol–water partition coefficient (Wildman–Crippen LogP) is 1.97. The molecule has 0 spiro atoms. The number of nitrogens with zero attached hydrogens (tertiary/aromatic N) is 1. The minimum Gasteiger partial charge on any atom is -0.480 e. The molecule has 0 bridgehead atoms. The maximum absolute atomic E-state index is 11.1. The Labute approximate surface area is 86.1 Å². The molecule has 0 radical (unpaired) electrons. The molecule has 1 saturated heterocycles. The summed E-state index contributed by atoms with van der Waals surface area (Å²) in [4.78, 5) is 13.2. The molecule has 1 rings (SSSR count). The lowest BCUT2D eigenvalue weighted by Gasteiger charge is -2.35. The van der Waals surface area contributed by atoms with Gasteiger partial charge in [-0.15, -0.1) is 0 Å². The summed E-state index contributed by atoms with van der Waals surface area (Å²) in [6, 6.07) is -0.247. The third-order valence-electron chi connectivity index (χ3n) is 2.98. The van der Waals surface area contributed by atoms with Crippen molar-refractivity contribution in [1.29, 1.82) is 0 Å². The molecule has 0 aromatic carbocycles. The smallest absolute Gasteiger partial charge is 0.320 e. The van der Waals surface area contributed by atoms with Crippen molar-refractivity contribution >= 4 is 5.97 Å².